The lowest BCUT2D eigenvalue weighted by molar-refractivity contribution is 0.448. The summed E-state index contributed by atoms with van der Waals surface area (Å²) in [5.41, 5.74) is -12.0. The van der Waals surface area contributed by atoms with Gasteiger partial charge in [0, 0.05) is 32.8 Å². The average Bonchev–Trinajstić information content (AvgIpc) is 3.11. The van der Waals surface area contributed by atoms with Crippen LogP contribution in [0.4, 0.5) is 79.0 Å². The van der Waals surface area contributed by atoms with Crippen LogP contribution in [0.2, 0.25) is 0 Å². The van der Waals surface area contributed by atoms with Gasteiger partial charge in [-0.25, -0.2) is 79.0 Å². The van der Waals surface area contributed by atoms with Gasteiger partial charge in [0.1, 0.15) is 17.5 Å². The first-order valence-corrected chi connectivity index (χ1v) is 14.0. The lowest BCUT2D eigenvalue weighted by Crippen LogP contribution is -2.58. The Morgan fingerprint density at radius 3 is 0.615 bits per heavy atom. The zero-order chi connectivity index (χ0) is 38.9. The van der Waals surface area contributed by atoms with Gasteiger partial charge >= 0.3 is 0 Å². The van der Waals surface area contributed by atoms with E-state index in [0.29, 0.717) is 20.8 Å². The molecule has 0 aliphatic carbocycles. The molecule has 0 bridgehead atoms. The van der Waals surface area contributed by atoms with Crippen molar-refractivity contribution in [3.05, 3.63) is 121 Å². The molecular formula is C33H9BF18. The van der Waals surface area contributed by atoms with Gasteiger partial charge in [-0.05, 0) is 37.2 Å². The first-order chi connectivity index (χ1) is 24.1. The Hall–Kier alpha value is -5.10. The van der Waals surface area contributed by atoms with Crippen molar-refractivity contribution in [3.63, 3.8) is 0 Å². The van der Waals surface area contributed by atoms with Crippen molar-refractivity contribution in [1.82, 2.24) is 0 Å². The van der Waals surface area contributed by atoms with E-state index in [0.717, 1.165) is 0 Å². The normalized spacial score (nSPS) is 11.9. The predicted octanol–water partition coefficient (Wildman–Crippen LogP) is 9.09. The molecule has 0 aliphatic heterocycles. The Labute approximate surface area is 276 Å². The van der Waals surface area contributed by atoms with E-state index in [1.54, 1.807) is 0 Å². The molecule has 0 nitrogen and oxygen atoms in total. The SMILES string of the molecule is Cc1c(F)c(F)c2c(B(c3c(F)c(F)c(F)c4c(F)c(C)c(F)c(F)c34)c3c(F)c(F)c(F)c4c(F)c(C)c(F)c(F)c34)c(F)c(F)c(F)c2c1F. The molecule has 0 saturated heterocycles. The highest BCUT2D eigenvalue weighted by Crippen LogP contribution is 2.37. The predicted molar refractivity (Wildman–Crippen MR) is 150 cm³/mol. The molecule has 0 saturated carbocycles. The maximum Gasteiger partial charge on any atom is 0.255 e. The summed E-state index contributed by atoms with van der Waals surface area (Å²) in [6, 6.07) is 0. The molecule has 0 N–H and O–H groups in total. The molecule has 0 aromatic heterocycles. The van der Waals surface area contributed by atoms with Crippen molar-refractivity contribution >= 4 is 55.4 Å². The van der Waals surface area contributed by atoms with Crippen LogP contribution in [-0.4, -0.2) is 6.71 Å². The van der Waals surface area contributed by atoms with Crippen LogP contribution in [0.1, 0.15) is 16.7 Å². The summed E-state index contributed by atoms with van der Waals surface area (Å²) in [6.45, 7) is -2.86. The minimum Gasteiger partial charge on any atom is -0.206 e. The number of fused-ring (bicyclic) bond motifs is 3. The van der Waals surface area contributed by atoms with Gasteiger partial charge in [-0.3, -0.25) is 0 Å². The summed E-state index contributed by atoms with van der Waals surface area (Å²) in [5, 5.41) is -13.5. The zero-order valence-corrected chi connectivity index (χ0v) is 25.4. The largest absolute Gasteiger partial charge is 0.255 e. The molecule has 6 aromatic carbocycles. The molecule has 19 heteroatoms. The van der Waals surface area contributed by atoms with Crippen molar-refractivity contribution in [2.75, 3.05) is 0 Å². The van der Waals surface area contributed by atoms with E-state index >= 15 is 79.0 Å². The lowest BCUT2D eigenvalue weighted by Gasteiger charge is -2.25. The van der Waals surface area contributed by atoms with Gasteiger partial charge in [-0.15, -0.1) is 0 Å². The lowest BCUT2D eigenvalue weighted by atomic mass is 9.34. The molecule has 270 valence electrons. The Kier molecular flexibility index (Phi) is 8.45. The van der Waals surface area contributed by atoms with Gasteiger partial charge in [0.15, 0.2) is 87.3 Å². The molecule has 0 aliphatic rings. The van der Waals surface area contributed by atoms with Gasteiger partial charge in [-0.2, -0.15) is 0 Å². The first kappa shape index (κ1) is 36.7. The molecular weight excluding hydrogens is 749 g/mol. The molecule has 6 aromatic rings. The molecule has 52 heavy (non-hydrogen) atoms. The summed E-state index contributed by atoms with van der Waals surface area (Å²) >= 11 is 0. The summed E-state index contributed by atoms with van der Waals surface area (Å²) < 4.78 is 278. The summed E-state index contributed by atoms with van der Waals surface area (Å²) in [4.78, 5) is 0. The maximum atomic E-state index is 16.1. The van der Waals surface area contributed by atoms with E-state index in [1.165, 1.54) is 0 Å². The third kappa shape index (κ3) is 4.49. The summed E-state index contributed by atoms with van der Waals surface area (Å²) in [7, 11) is 0. The molecule has 0 fully saturated rings. The smallest absolute Gasteiger partial charge is 0.206 e. The molecule has 0 radical (unpaired) electrons. The maximum absolute atomic E-state index is 16.1. The number of benzene rings is 6. The fourth-order valence-electron chi connectivity index (χ4n) is 6.26. The Morgan fingerprint density at radius 2 is 0.404 bits per heavy atom. The highest BCUT2D eigenvalue weighted by Gasteiger charge is 2.45. The van der Waals surface area contributed by atoms with E-state index in [1.807, 2.05) is 0 Å². The molecule has 0 unspecified atom stereocenters. The average molecular weight is 758 g/mol. The second-order valence-electron chi connectivity index (χ2n) is 11.5. The van der Waals surface area contributed by atoms with Crippen LogP contribution < -0.4 is 16.4 Å². The second kappa shape index (κ2) is 12.0. The Bertz CT molecular complexity index is 2340. The van der Waals surface area contributed by atoms with E-state index < -0.39 is 177 Å². The third-order valence-corrected chi connectivity index (χ3v) is 8.82. The van der Waals surface area contributed by atoms with Crippen LogP contribution in [0, 0.1) is 125 Å². The Morgan fingerprint density at radius 1 is 0.212 bits per heavy atom. The minimum atomic E-state index is -4.03. The molecule has 0 spiro atoms. The summed E-state index contributed by atoms with van der Waals surface area (Å²) in [6.07, 6.45) is 0. The van der Waals surface area contributed by atoms with Crippen molar-refractivity contribution < 1.29 is 79.0 Å². The number of halogens is 18. The highest BCUT2D eigenvalue weighted by molar-refractivity contribution is 6.99. The van der Waals surface area contributed by atoms with Gasteiger partial charge in [0.05, 0.1) is 16.2 Å². The van der Waals surface area contributed by atoms with Crippen molar-refractivity contribution in [2.24, 2.45) is 0 Å². The molecule has 0 atom stereocenters. The van der Waals surface area contributed by atoms with Crippen LogP contribution in [-0.2, 0) is 0 Å². The number of rotatable bonds is 3. The fourth-order valence-corrected chi connectivity index (χ4v) is 6.26. The molecule has 0 heterocycles. The van der Waals surface area contributed by atoms with E-state index in [4.69, 9.17) is 0 Å². The molecule has 0 amide bonds. The van der Waals surface area contributed by atoms with E-state index in [-0.39, 0.29) is 0 Å². The number of hydrogen-bond donors (Lipinski definition) is 0. The second-order valence-corrected chi connectivity index (χ2v) is 11.5. The van der Waals surface area contributed by atoms with E-state index in [9.17, 15) is 0 Å². The topological polar surface area (TPSA) is 0 Å². The van der Waals surface area contributed by atoms with Crippen molar-refractivity contribution in [3.8, 4) is 0 Å². The van der Waals surface area contributed by atoms with Crippen LogP contribution in [0.15, 0.2) is 0 Å². The van der Waals surface area contributed by atoms with Crippen LogP contribution in [0.25, 0.3) is 32.3 Å². The first-order valence-electron chi connectivity index (χ1n) is 14.0. The fraction of sp³-hybridized carbons (Fsp3) is 0.0909. The van der Waals surface area contributed by atoms with Gasteiger partial charge < -0.3 is 0 Å². The highest BCUT2D eigenvalue weighted by atomic mass is 19.2. The van der Waals surface area contributed by atoms with Gasteiger partial charge in [0.2, 0.25) is 0 Å². The minimum absolute atomic E-state index is 0.391. The summed E-state index contributed by atoms with van der Waals surface area (Å²) in [5.74, 6) is -48.6. The quantitative estimate of drug-likeness (QED) is 0.0732. The van der Waals surface area contributed by atoms with E-state index in [2.05, 4.69) is 0 Å². The third-order valence-electron chi connectivity index (χ3n) is 8.82. The van der Waals surface area contributed by atoms with Crippen LogP contribution in [0.5, 0.6) is 0 Å². The van der Waals surface area contributed by atoms with Crippen LogP contribution in [0.3, 0.4) is 0 Å². The standard InChI is InChI=1S/C33H9BF18/c1-4-16(35)10-7(22(41)19(4)38)13(28(47)31(50)25(10)44)34(14-8-11(26(45)32(51)29(14)48)17(36)5(2)20(39)23(8)42)15-9-12(27(46)33(52)30(15)49)18(37)6(3)21(40)24(9)43/h1-3H3. The van der Waals surface area contributed by atoms with Gasteiger partial charge in [-0.1, -0.05) is 0 Å². The number of hydrogen-bond acceptors (Lipinski definition) is 0. The Balaban J connectivity index is 2.10. The van der Waals surface area contributed by atoms with Crippen LogP contribution >= 0.6 is 0 Å². The molecule has 6 rings (SSSR count). The monoisotopic (exact) mass is 758 g/mol. The zero-order valence-electron chi connectivity index (χ0n) is 25.4. The van der Waals surface area contributed by atoms with Crippen molar-refractivity contribution in [1.29, 1.82) is 0 Å². The van der Waals surface area contributed by atoms with Gasteiger partial charge in [0.25, 0.3) is 6.71 Å². The van der Waals surface area contributed by atoms with Crippen molar-refractivity contribution in [2.45, 2.75) is 20.8 Å².